The van der Waals surface area contributed by atoms with Gasteiger partial charge >= 0.3 is 0 Å². The molecule has 1 nitrogen and oxygen atoms in total. The topological polar surface area (TPSA) is 12.5 Å². The van der Waals surface area contributed by atoms with Crippen LogP contribution in [0.1, 0.15) is 37.7 Å². The Kier molecular flexibility index (Phi) is 2.71. The van der Waals surface area contributed by atoms with Crippen molar-refractivity contribution in [1.82, 2.24) is 0 Å². The highest BCUT2D eigenvalue weighted by Crippen LogP contribution is 2.53. The second-order valence-corrected chi connectivity index (χ2v) is 6.18. The summed E-state index contributed by atoms with van der Waals surface area (Å²) in [6.45, 7) is 4.36. The molecule has 2 fully saturated rings. The molecule has 4 rings (SSSR count). The van der Waals surface area contributed by atoms with Crippen LogP contribution in [0, 0.1) is 0 Å². The summed E-state index contributed by atoms with van der Waals surface area (Å²) in [5.74, 6) is 0. The molecule has 1 aliphatic heterocycles. The van der Waals surface area contributed by atoms with E-state index in [4.69, 9.17) is 4.74 Å². The van der Waals surface area contributed by atoms with E-state index >= 15 is 0 Å². The van der Waals surface area contributed by atoms with Crippen molar-refractivity contribution < 1.29 is 4.74 Å². The number of hydrogen-bond donors (Lipinski definition) is 0. The average molecular weight is 264 g/mol. The van der Waals surface area contributed by atoms with Crippen molar-refractivity contribution in [3.8, 4) is 0 Å². The van der Waals surface area contributed by atoms with Gasteiger partial charge in [0.25, 0.3) is 0 Å². The summed E-state index contributed by atoms with van der Waals surface area (Å²) in [5, 5.41) is 2.57. The molecule has 1 spiro atoms. The van der Waals surface area contributed by atoms with E-state index in [1.807, 2.05) is 0 Å². The minimum absolute atomic E-state index is 0.131. The van der Waals surface area contributed by atoms with Crippen LogP contribution >= 0.6 is 0 Å². The summed E-state index contributed by atoms with van der Waals surface area (Å²) in [7, 11) is 0. The Balaban J connectivity index is 1.68. The first-order valence-corrected chi connectivity index (χ1v) is 7.65. The third kappa shape index (κ3) is 1.81. The van der Waals surface area contributed by atoms with E-state index in [0.717, 1.165) is 0 Å². The van der Waals surface area contributed by atoms with Gasteiger partial charge in [-0.15, -0.1) is 0 Å². The van der Waals surface area contributed by atoms with Gasteiger partial charge in [-0.25, -0.2) is 0 Å². The Labute approximate surface area is 120 Å². The van der Waals surface area contributed by atoms with E-state index in [-0.39, 0.29) is 11.7 Å². The second-order valence-electron chi connectivity index (χ2n) is 6.18. The standard InChI is InChI=1S/C19H20O/c1-14(18-19(20-18)12-5-2-6-13-19)16-11-7-9-15-8-3-4-10-17(15)16/h3-4,7-11,18H,1-2,5-6,12-13H2. The van der Waals surface area contributed by atoms with Crippen molar-refractivity contribution in [2.75, 3.05) is 0 Å². The van der Waals surface area contributed by atoms with Gasteiger partial charge in [-0.3, -0.25) is 0 Å². The lowest BCUT2D eigenvalue weighted by Crippen LogP contribution is -2.19. The first-order chi connectivity index (χ1) is 9.80. The van der Waals surface area contributed by atoms with Gasteiger partial charge in [0.2, 0.25) is 0 Å². The third-order valence-corrected chi connectivity index (χ3v) is 4.93. The number of rotatable bonds is 2. The summed E-state index contributed by atoms with van der Waals surface area (Å²) in [6.07, 6.45) is 6.63. The van der Waals surface area contributed by atoms with Crippen LogP contribution in [0.3, 0.4) is 0 Å². The van der Waals surface area contributed by atoms with E-state index in [9.17, 15) is 0 Å². The highest BCUT2D eigenvalue weighted by atomic mass is 16.6. The largest absolute Gasteiger partial charge is 0.361 e. The second kappa shape index (κ2) is 4.46. The van der Waals surface area contributed by atoms with Crippen LogP contribution in [-0.2, 0) is 4.74 Å². The Morgan fingerprint density at radius 1 is 1.00 bits per heavy atom. The van der Waals surface area contributed by atoms with E-state index in [1.165, 1.54) is 54.0 Å². The van der Waals surface area contributed by atoms with Crippen LogP contribution in [0.15, 0.2) is 49.0 Å². The van der Waals surface area contributed by atoms with Crippen LogP contribution in [-0.4, -0.2) is 11.7 Å². The fraction of sp³-hybridized carbons (Fsp3) is 0.368. The Bertz CT molecular complexity index is 659. The molecule has 0 N–H and O–H groups in total. The minimum atomic E-state index is 0.131. The predicted molar refractivity (Wildman–Crippen MR) is 83.7 cm³/mol. The van der Waals surface area contributed by atoms with Crippen molar-refractivity contribution in [2.24, 2.45) is 0 Å². The lowest BCUT2D eigenvalue weighted by molar-refractivity contribution is 0.235. The van der Waals surface area contributed by atoms with E-state index in [0.29, 0.717) is 0 Å². The van der Waals surface area contributed by atoms with Gasteiger partial charge in [0.05, 0.1) is 5.60 Å². The summed E-state index contributed by atoms with van der Waals surface area (Å²) in [4.78, 5) is 0. The fourth-order valence-electron chi connectivity index (χ4n) is 3.77. The van der Waals surface area contributed by atoms with Crippen molar-refractivity contribution in [1.29, 1.82) is 0 Å². The number of epoxide rings is 1. The van der Waals surface area contributed by atoms with E-state index in [1.54, 1.807) is 0 Å². The normalized spacial score (nSPS) is 23.9. The lowest BCUT2D eigenvalue weighted by atomic mass is 9.83. The zero-order valence-corrected chi connectivity index (χ0v) is 11.8. The summed E-state index contributed by atoms with van der Waals surface area (Å²) in [5.41, 5.74) is 2.56. The molecule has 2 aromatic rings. The molecule has 0 radical (unpaired) electrons. The molecule has 0 bridgehead atoms. The maximum absolute atomic E-state index is 6.11. The summed E-state index contributed by atoms with van der Waals surface area (Å²) >= 11 is 0. The molecule has 0 amide bonds. The first-order valence-electron chi connectivity index (χ1n) is 7.65. The molecule has 1 atom stereocenters. The minimum Gasteiger partial charge on any atom is -0.361 e. The maximum atomic E-state index is 6.11. The average Bonchev–Trinajstić information content (AvgIpc) is 3.20. The van der Waals surface area contributed by atoms with Crippen LogP contribution in [0.5, 0.6) is 0 Å². The highest BCUT2D eigenvalue weighted by Gasteiger charge is 2.57. The van der Waals surface area contributed by atoms with E-state index in [2.05, 4.69) is 49.0 Å². The monoisotopic (exact) mass is 264 g/mol. The van der Waals surface area contributed by atoms with Gasteiger partial charge in [-0.2, -0.15) is 0 Å². The highest BCUT2D eigenvalue weighted by molar-refractivity contribution is 5.94. The summed E-state index contributed by atoms with van der Waals surface area (Å²) < 4.78 is 6.11. The van der Waals surface area contributed by atoms with Gasteiger partial charge in [0, 0.05) is 0 Å². The van der Waals surface area contributed by atoms with E-state index < -0.39 is 0 Å². The molecule has 1 heteroatoms. The predicted octanol–water partition coefficient (Wildman–Crippen LogP) is 4.95. The van der Waals surface area contributed by atoms with Gasteiger partial charge in [-0.05, 0) is 34.8 Å². The number of ether oxygens (including phenoxy) is 1. The molecule has 1 saturated carbocycles. The fourth-order valence-corrected chi connectivity index (χ4v) is 3.77. The lowest BCUT2D eigenvalue weighted by Gasteiger charge is -2.19. The molecule has 102 valence electrons. The van der Waals surface area contributed by atoms with Crippen LogP contribution in [0.25, 0.3) is 16.3 Å². The SMILES string of the molecule is C=C(c1cccc2ccccc12)C1OC12CCCCC2. The molecule has 0 aromatic heterocycles. The smallest absolute Gasteiger partial charge is 0.112 e. The number of fused-ring (bicyclic) bond motifs is 1. The Morgan fingerprint density at radius 3 is 2.60 bits per heavy atom. The molecule has 2 aliphatic rings. The van der Waals surface area contributed by atoms with Crippen LogP contribution < -0.4 is 0 Å². The molecular formula is C19H20O. The number of hydrogen-bond acceptors (Lipinski definition) is 1. The molecular weight excluding hydrogens is 244 g/mol. The Morgan fingerprint density at radius 2 is 1.75 bits per heavy atom. The maximum Gasteiger partial charge on any atom is 0.112 e. The quantitative estimate of drug-likeness (QED) is 0.699. The molecule has 20 heavy (non-hydrogen) atoms. The van der Waals surface area contributed by atoms with Crippen molar-refractivity contribution in [3.63, 3.8) is 0 Å². The van der Waals surface area contributed by atoms with Crippen molar-refractivity contribution in [2.45, 2.75) is 43.8 Å². The van der Waals surface area contributed by atoms with Crippen molar-refractivity contribution >= 4 is 16.3 Å². The first kappa shape index (κ1) is 12.2. The number of benzene rings is 2. The van der Waals surface area contributed by atoms with Crippen LogP contribution in [0.4, 0.5) is 0 Å². The van der Waals surface area contributed by atoms with Gasteiger partial charge in [0.15, 0.2) is 0 Å². The molecule has 1 unspecified atom stereocenters. The molecule has 1 heterocycles. The molecule has 1 saturated heterocycles. The Hall–Kier alpha value is -1.60. The van der Waals surface area contributed by atoms with Crippen LogP contribution in [0.2, 0.25) is 0 Å². The zero-order chi connectivity index (χ0) is 13.6. The zero-order valence-electron chi connectivity index (χ0n) is 11.8. The van der Waals surface area contributed by atoms with Gasteiger partial charge in [0.1, 0.15) is 6.10 Å². The molecule has 1 aliphatic carbocycles. The molecule has 2 aromatic carbocycles. The van der Waals surface area contributed by atoms with Gasteiger partial charge in [-0.1, -0.05) is 68.3 Å². The summed E-state index contributed by atoms with van der Waals surface area (Å²) in [6, 6.07) is 15.0. The van der Waals surface area contributed by atoms with Crippen molar-refractivity contribution in [3.05, 3.63) is 54.6 Å². The van der Waals surface area contributed by atoms with Gasteiger partial charge < -0.3 is 4.74 Å². The third-order valence-electron chi connectivity index (χ3n) is 4.93.